The molecule has 0 saturated heterocycles. The molecule has 0 amide bonds. The number of hydrazone groups is 2. The molecule has 270 valence electrons. The van der Waals surface area contributed by atoms with E-state index in [4.69, 9.17) is 0 Å². The molecule has 0 bridgehead atoms. The van der Waals surface area contributed by atoms with Crippen molar-refractivity contribution in [3.63, 3.8) is 0 Å². The van der Waals surface area contributed by atoms with Crippen molar-refractivity contribution in [2.45, 2.75) is 41.5 Å². The number of hydrogen-bond donors (Lipinski definition) is 2. The topological polar surface area (TPSA) is 160 Å². The number of rotatable bonds is 12. The van der Waals surface area contributed by atoms with Crippen LogP contribution in [0.3, 0.4) is 0 Å². The Morgan fingerprint density at radius 3 is 1.41 bits per heavy atom. The normalized spacial score (nSPS) is 12.3. The lowest BCUT2D eigenvalue weighted by atomic mass is 10.2. The number of para-hydroxylation sites is 2. The highest BCUT2D eigenvalue weighted by Gasteiger charge is 2.14. The summed E-state index contributed by atoms with van der Waals surface area (Å²) in [6, 6.07) is 27.4. The third-order valence-electron chi connectivity index (χ3n) is 8.33. The van der Waals surface area contributed by atoms with Gasteiger partial charge in [-0.25, -0.2) is 19.3 Å². The van der Waals surface area contributed by atoms with Crippen LogP contribution >= 0.6 is 22.7 Å². The van der Waals surface area contributed by atoms with Crippen molar-refractivity contribution in [1.82, 2.24) is 29.5 Å². The minimum Gasteiger partial charge on any atom is -0.252 e. The highest BCUT2D eigenvalue weighted by atomic mass is 32.1. The number of anilines is 2. The lowest BCUT2D eigenvalue weighted by Gasteiger charge is -2.05. The first kappa shape index (κ1) is 35.9. The molecule has 0 aliphatic rings. The van der Waals surface area contributed by atoms with Crippen molar-refractivity contribution in [2.75, 3.05) is 10.9 Å². The van der Waals surface area contributed by atoms with Gasteiger partial charge in [0.2, 0.25) is 10.3 Å². The summed E-state index contributed by atoms with van der Waals surface area (Å²) >= 11 is 2.73. The minimum absolute atomic E-state index is 0.611. The maximum Gasteiger partial charge on any atom is 0.205 e. The van der Waals surface area contributed by atoms with Crippen LogP contribution in [0.2, 0.25) is 0 Å². The van der Waals surface area contributed by atoms with Gasteiger partial charge in [0.15, 0.2) is 10.0 Å². The zero-order valence-electron chi connectivity index (χ0n) is 30.4. The molecule has 0 aliphatic carbocycles. The van der Waals surface area contributed by atoms with Crippen LogP contribution in [0, 0.1) is 27.7 Å². The Labute approximate surface area is 319 Å². The molecule has 7 rings (SSSR count). The Morgan fingerprint density at radius 1 is 0.556 bits per heavy atom. The quantitative estimate of drug-likeness (QED) is 0.0717. The zero-order chi connectivity index (χ0) is 37.6. The van der Waals surface area contributed by atoms with Crippen molar-refractivity contribution in [1.29, 1.82) is 0 Å². The molecule has 0 spiro atoms. The molecule has 0 fully saturated rings. The van der Waals surface area contributed by atoms with Gasteiger partial charge in [0.05, 0.1) is 69.3 Å². The van der Waals surface area contributed by atoms with Gasteiger partial charge >= 0.3 is 0 Å². The molecule has 0 radical (unpaired) electrons. The monoisotopic (exact) mass is 752 g/mol. The summed E-state index contributed by atoms with van der Waals surface area (Å²) in [5.41, 5.74) is 16.3. The molecular formula is C38H36N14S2. The summed E-state index contributed by atoms with van der Waals surface area (Å²) in [4.78, 5) is 9.16. The summed E-state index contributed by atoms with van der Waals surface area (Å²) in [6.07, 6.45) is 3.64. The Bertz CT molecular complexity index is 2350. The molecule has 16 heteroatoms. The fraction of sp³-hybridized carbons (Fsp3) is 0.158. The van der Waals surface area contributed by atoms with Crippen molar-refractivity contribution in [3.05, 3.63) is 131 Å². The van der Waals surface area contributed by atoms with Crippen LogP contribution in [0.4, 0.5) is 31.6 Å². The number of nitrogens with zero attached hydrogens (tertiary/aromatic N) is 12. The average Bonchev–Trinajstić information content (AvgIpc) is 3.96. The van der Waals surface area contributed by atoms with E-state index in [0.29, 0.717) is 31.6 Å². The van der Waals surface area contributed by atoms with Crippen LogP contribution < -0.4 is 10.9 Å². The molecule has 0 unspecified atom stereocenters. The predicted molar refractivity (Wildman–Crippen MR) is 217 cm³/mol. The Kier molecular flexibility index (Phi) is 10.6. The first-order chi connectivity index (χ1) is 26.2. The van der Waals surface area contributed by atoms with Gasteiger partial charge in [0, 0.05) is 11.1 Å². The molecule has 3 aromatic carbocycles. The van der Waals surface area contributed by atoms with Crippen LogP contribution in [0.5, 0.6) is 0 Å². The number of aryl methyl sites for hydroxylation is 2. The van der Waals surface area contributed by atoms with E-state index in [1.54, 1.807) is 0 Å². The van der Waals surface area contributed by atoms with E-state index in [9.17, 15) is 0 Å². The Morgan fingerprint density at radius 2 is 0.981 bits per heavy atom. The molecule has 4 heterocycles. The highest BCUT2D eigenvalue weighted by molar-refractivity contribution is 7.19. The first-order valence-corrected chi connectivity index (χ1v) is 18.6. The lowest BCUT2D eigenvalue weighted by molar-refractivity contribution is 0.847. The summed E-state index contributed by atoms with van der Waals surface area (Å²) in [7, 11) is 0. The second-order valence-corrected chi connectivity index (χ2v) is 14.1. The first-order valence-electron chi connectivity index (χ1n) is 16.9. The van der Waals surface area contributed by atoms with Crippen LogP contribution in [0.1, 0.15) is 47.8 Å². The third-order valence-corrected chi connectivity index (χ3v) is 10.2. The van der Waals surface area contributed by atoms with Gasteiger partial charge in [0.25, 0.3) is 0 Å². The number of aromatic nitrogens is 6. The highest BCUT2D eigenvalue weighted by Crippen LogP contribution is 2.34. The maximum atomic E-state index is 4.58. The Balaban J connectivity index is 0.973. The van der Waals surface area contributed by atoms with E-state index in [-0.39, 0.29) is 0 Å². The molecule has 7 aromatic rings. The fourth-order valence-electron chi connectivity index (χ4n) is 5.45. The van der Waals surface area contributed by atoms with E-state index in [1.165, 1.54) is 22.7 Å². The third kappa shape index (κ3) is 8.09. The van der Waals surface area contributed by atoms with Crippen molar-refractivity contribution >= 4 is 65.7 Å². The molecule has 0 saturated carbocycles. The van der Waals surface area contributed by atoms with Gasteiger partial charge in [-0.15, -0.1) is 20.5 Å². The molecular weight excluding hydrogens is 717 g/mol. The Hall–Kier alpha value is -6.52. The molecule has 54 heavy (non-hydrogen) atoms. The van der Waals surface area contributed by atoms with Crippen LogP contribution in [0.25, 0.3) is 11.4 Å². The fourth-order valence-corrected chi connectivity index (χ4v) is 6.92. The van der Waals surface area contributed by atoms with E-state index < -0.39 is 0 Å². The molecule has 14 nitrogen and oxygen atoms in total. The van der Waals surface area contributed by atoms with E-state index in [1.807, 2.05) is 148 Å². The van der Waals surface area contributed by atoms with E-state index >= 15 is 0 Å². The summed E-state index contributed by atoms with van der Waals surface area (Å²) < 4.78 is 3.80. The number of thiazole rings is 2. The van der Waals surface area contributed by atoms with E-state index in [0.717, 1.165) is 56.7 Å². The van der Waals surface area contributed by atoms with Crippen LogP contribution in [0.15, 0.2) is 128 Å². The molecule has 2 N–H and O–H groups in total. The lowest BCUT2D eigenvalue weighted by Crippen LogP contribution is -2.03. The molecule has 0 aliphatic heterocycles. The summed E-state index contributed by atoms with van der Waals surface area (Å²) in [6.45, 7) is 11.7. The van der Waals surface area contributed by atoms with Gasteiger partial charge in [-0.05, 0) is 84.0 Å². The van der Waals surface area contributed by atoms with Gasteiger partial charge in [-0.1, -0.05) is 65.1 Å². The number of hydrogen-bond acceptors (Lipinski definition) is 14. The van der Waals surface area contributed by atoms with Gasteiger partial charge in [-0.3, -0.25) is 10.9 Å². The SMILES string of the molecule is C/C(=N\Nc1nc(C)c(N=Nc2cccc(N=Nc3sc(N/N=C(\C)c4cnn(-c5ccccc5)c4C)nc3C)c2)s1)c1cnn(-c2ccccc2)c1C. The van der Waals surface area contributed by atoms with Crippen molar-refractivity contribution in [2.24, 2.45) is 30.7 Å². The molecule has 0 atom stereocenters. The summed E-state index contributed by atoms with van der Waals surface area (Å²) in [5, 5.41) is 38.6. The number of nitrogens with one attached hydrogen (secondary N) is 2. The second kappa shape index (κ2) is 16.0. The van der Waals surface area contributed by atoms with Crippen LogP contribution in [-0.2, 0) is 0 Å². The standard InChI is InChI=1S/C38H36N14S2/c1-23(33-21-39-51(27(33)5)31-16-9-7-10-17-31)43-49-37-41-25(3)35(53-37)47-45-29-14-13-15-30(20-29)46-48-36-26(4)42-38(54-36)50-44-24(2)34-22-40-52(28(34)6)32-18-11-8-12-19-32/h7-22H,1-6H3,(H,41,49)(H,42,50)/b43-23+,44-24+,47-45?,48-46?. The van der Waals surface area contributed by atoms with Gasteiger partial charge < -0.3 is 0 Å². The average molecular weight is 753 g/mol. The largest absolute Gasteiger partial charge is 0.252 e. The van der Waals surface area contributed by atoms with Crippen molar-refractivity contribution in [3.8, 4) is 11.4 Å². The van der Waals surface area contributed by atoms with Crippen molar-refractivity contribution < 1.29 is 0 Å². The predicted octanol–water partition coefficient (Wildman–Crippen LogP) is 10.7. The maximum absolute atomic E-state index is 4.58. The smallest absolute Gasteiger partial charge is 0.205 e. The minimum atomic E-state index is 0.611. The second-order valence-electron chi connectivity index (χ2n) is 12.1. The van der Waals surface area contributed by atoms with E-state index in [2.05, 4.69) is 61.7 Å². The summed E-state index contributed by atoms with van der Waals surface area (Å²) in [5.74, 6) is 0. The van der Waals surface area contributed by atoms with Gasteiger partial charge in [0.1, 0.15) is 0 Å². The molecule has 4 aromatic heterocycles. The number of benzene rings is 3. The van der Waals surface area contributed by atoms with Gasteiger partial charge in [-0.2, -0.15) is 20.4 Å². The zero-order valence-corrected chi connectivity index (χ0v) is 32.1. The number of azo groups is 2. The van der Waals surface area contributed by atoms with Crippen LogP contribution in [-0.4, -0.2) is 41.0 Å².